The molecule has 22 heavy (non-hydrogen) atoms. The van der Waals surface area contributed by atoms with E-state index in [1.807, 2.05) is 12.1 Å². The Kier molecular flexibility index (Phi) is 3.85. The molecule has 1 aliphatic heterocycles. The third-order valence-corrected chi connectivity index (χ3v) is 3.92. The third kappa shape index (κ3) is 2.82. The standard InChI is InChI=1S/C15H15ClN4O2/c1-19-6-7-20(9-13(19)21)15(22)12-8-17-14(18-12)10-2-4-11(16)5-3-10/h2-5,8H,6-7,9H2,1H3,(H,17,18). The van der Waals surface area contributed by atoms with Crippen LogP contribution in [0.15, 0.2) is 30.5 Å². The SMILES string of the molecule is CN1CCN(C(=O)c2cnc(-c3ccc(Cl)cc3)[nH]2)CC1=O. The number of H-pyrrole nitrogens is 1. The van der Waals surface area contributed by atoms with Crippen molar-refractivity contribution in [2.24, 2.45) is 0 Å². The lowest BCUT2D eigenvalue weighted by Crippen LogP contribution is -2.50. The van der Waals surface area contributed by atoms with Crippen LogP contribution in [0, 0.1) is 0 Å². The summed E-state index contributed by atoms with van der Waals surface area (Å²) in [5.74, 6) is 0.326. The number of imidazole rings is 1. The highest BCUT2D eigenvalue weighted by molar-refractivity contribution is 6.30. The van der Waals surface area contributed by atoms with Gasteiger partial charge in [0.2, 0.25) is 5.91 Å². The van der Waals surface area contributed by atoms with Gasteiger partial charge in [-0.15, -0.1) is 0 Å². The number of nitrogens with one attached hydrogen (secondary N) is 1. The molecule has 1 fully saturated rings. The largest absolute Gasteiger partial charge is 0.342 e. The van der Waals surface area contributed by atoms with Gasteiger partial charge in [0.15, 0.2) is 0 Å². The first-order valence-corrected chi connectivity index (χ1v) is 7.26. The zero-order chi connectivity index (χ0) is 15.7. The Morgan fingerprint density at radius 2 is 2.00 bits per heavy atom. The summed E-state index contributed by atoms with van der Waals surface area (Å²) in [7, 11) is 1.74. The van der Waals surface area contributed by atoms with E-state index in [-0.39, 0.29) is 18.4 Å². The normalized spacial score (nSPS) is 15.3. The number of carbonyl (C=O) groups excluding carboxylic acids is 2. The summed E-state index contributed by atoms with van der Waals surface area (Å²) in [4.78, 5) is 34.5. The Balaban J connectivity index is 1.77. The minimum atomic E-state index is -0.214. The van der Waals surface area contributed by atoms with Crippen molar-refractivity contribution in [2.75, 3.05) is 26.7 Å². The number of hydrogen-bond acceptors (Lipinski definition) is 3. The Morgan fingerprint density at radius 3 is 2.68 bits per heavy atom. The second-order valence-corrected chi connectivity index (χ2v) is 5.63. The van der Waals surface area contributed by atoms with Crippen molar-refractivity contribution in [2.45, 2.75) is 0 Å². The number of aromatic amines is 1. The van der Waals surface area contributed by atoms with Crippen molar-refractivity contribution in [1.82, 2.24) is 19.8 Å². The van der Waals surface area contributed by atoms with Crippen molar-refractivity contribution >= 4 is 23.4 Å². The second-order valence-electron chi connectivity index (χ2n) is 5.19. The van der Waals surface area contributed by atoms with E-state index in [2.05, 4.69) is 9.97 Å². The smallest absolute Gasteiger partial charge is 0.272 e. The summed E-state index contributed by atoms with van der Waals surface area (Å²) in [5, 5.41) is 0.641. The van der Waals surface area contributed by atoms with E-state index >= 15 is 0 Å². The molecule has 0 bridgehead atoms. The van der Waals surface area contributed by atoms with Crippen LogP contribution in [0.1, 0.15) is 10.5 Å². The summed E-state index contributed by atoms with van der Waals surface area (Å²) in [5.41, 5.74) is 1.22. The second kappa shape index (κ2) is 5.81. The van der Waals surface area contributed by atoms with Gasteiger partial charge < -0.3 is 14.8 Å². The van der Waals surface area contributed by atoms with Crippen molar-refractivity contribution in [1.29, 1.82) is 0 Å². The van der Waals surface area contributed by atoms with Crippen LogP contribution in [0.5, 0.6) is 0 Å². The lowest BCUT2D eigenvalue weighted by molar-refractivity contribution is -0.133. The number of likely N-dealkylation sites (N-methyl/N-ethyl adjacent to an activating group) is 1. The molecule has 6 nitrogen and oxygen atoms in total. The summed E-state index contributed by atoms with van der Waals surface area (Å²) >= 11 is 5.85. The van der Waals surface area contributed by atoms with Crippen LogP contribution in [0.4, 0.5) is 0 Å². The van der Waals surface area contributed by atoms with Crippen LogP contribution in [0.2, 0.25) is 5.02 Å². The maximum atomic E-state index is 12.4. The van der Waals surface area contributed by atoms with E-state index in [0.717, 1.165) is 5.56 Å². The van der Waals surface area contributed by atoms with Gasteiger partial charge in [0.25, 0.3) is 5.91 Å². The number of benzene rings is 1. The molecule has 114 valence electrons. The maximum Gasteiger partial charge on any atom is 0.272 e. The molecular weight excluding hydrogens is 304 g/mol. The number of aromatic nitrogens is 2. The van der Waals surface area contributed by atoms with Crippen LogP contribution in [0.3, 0.4) is 0 Å². The van der Waals surface area contributed by atoms with Gasteiger partial charge in [-0.1, -0.05) is 11.6 Å². The van der Waals surface area contributed by atoms with Crippen molar-refractivity contribution in [3.05, 3.63) is 41.2 Å². The number of piperazine rings is 1. The number of amides is 2. The summed E-state index contributed by atoms with van der Waals surface area (Å²) in [6.45, 7) is 1.17. The highest BCUT2D eigenvalue weighted by Crippen LogP contribution is 2.19. The molecule has 0 atom stereocenters. The number of rotatable bonds is 2. The average Bonchev–Trinajstić information content (AvgIpc) is 3.00. The minimum absolute atomic E-state index is 0.0583. The van der Waals surface area contributed by atoms with E-state index in [9.17, 15) is 9.59 Å². The average molecular weight is 319 g/mol. The molecule has 3 rings (SSSR count). The first kappa shape index (κ1) is 14.6. The lowest BCUT2D eigenvalue weighted by Gasteiger charge is -2.31. The Hall–Kier alpha value is -2.34. The number of hydrogen-bond donors (Lipinski definition) is 1. The van der Waals surface area contributed by atoms with Gasteiger partial charge in [-0.2, -0.15) is 0 Å². The summed E-state index contributed by atoms with van der Waals surface area (Å²) < 4.78 is 0. The maximum absolute atomic E-state index is 12.4. The van der Waals surface area contributed by atoms with E-state index in [1.54, 1.807) is 24.1 Å². The molecule has 0 spiro atoms. The van der Waals surface area contributed by atoms with Gasteiger partial charge in [-0.3, -0.25) is 9.59 Å². The molecule has 7 heteroatoms. The van der Waals surface area contributed by atoms with Crippen LogP contribution in [0.25, 0.3) is 11.4 Å². The molecule has 2 heterocycles. The van der Waals surface area contributed by atoms with Crippen molar-refractivity contribution in [3.63, 3.8) is 0 Å². The molecule has 2 aromatic rings. The monoisotopic (exact) mass is 318 g/mol. The Labute approximate surface area is 132 Å². The molecule has 1 saturated heterocycles. The highest BCUT2D eigenvalue weighted by atomic mass is 35.5. The molecule has 1 aromatic heterocycles. The fourth-order valence-corrected chi connectivity index (χ4v) is 2.41. The first-order valence-electron chi connectivity index (χ1n) is 6.89. The van der Waals surface area contributed by atoms with Gasteiger partial charge in [0.1, 0.15) is 18.1 Å². The van der Waals surface area contributed by atoms with E-state index in [0.29, 0.717) is 29.6 Å². The van der Waals surface area contributed by atoms with E-state index in [4.69, 9.17) is 11.6 Å². The summed E-state index contributed by atoms with van der Waals surface area (Å²) in [6.07, 6.45) is 1.50. The number of halogens is 1. The molecule has 0 saturated carbocycles. The quantitative estimate of drug-likeness (QED) is 0.915. The van der Waals surface area contributed by atoms with Gasteiger partial charge in [-0.05, 0) is 24.3 Å². The van der Waals surface area contributed by atoms with Crippen molar-refractivity contribution in [3.8, 4) is 11.4 Å². The van der Waals surface area contributed by atoms with Gasteiger partial charge in [0.05, 0.1) is 6.20 Å². The fraction of sp³-hybridized carbons (Fsp3) is 0.267. The topological polar surface area (TPSA) is 69.3 Å². The highest BCUT2D eigenvalue weighted by Gasteiger charge is 2.26. The summed E-state index contributed by atoms with van der Waals surface area (Å²) in [6, 6.07) is 7.18. The first-order chi connectivity index (χ1) is 10.5. The molecule has 1 aliphatic rings. The fourth-order valence-electron chi connectivity index (χ4n) is 2.29. The predicted octanol–water partition coefficient (Wildman–Crippen LogP) is 1.64. The Morgan fingerprint density at radius 1 is 1.27 bits per heavy atom. The predicted molar refractivity (Wildman–Crippen MR) is 82.6 cm³/mol. The van der Waals surface area contributed by atoms with Crippen LogP contribution in [-0.2, 0) is 4.79 Å². The van der Waals surface area contributed by atoms with Crippen molar-refractivity contribution < 1.29 is 9.59 Å². The molecule has 2 amide bonds. The van der Waals surface area contributed by atoms with E-state index in [1.165, 1.54) is 11.1 Å². The lowest BCUT2D eigenvalue weighted by atomic mass is 10.2. The van der Waals surface area contributed by atoms with Gasteiger partial charge >= 0.3 is 0 Å². The molecule has 0 radical (unpaired) electrons. The van der Waals surface area contributed by atoms with Crippen LogP contribution in [-0.4, -0.2) is 58.3 Å². The molecule has 0 unspecified atom stereocenters. The van der Waals surface area contributed by atoms with E-state index < -0.39 is 0 Å². The van der Waals surface area contributed by atoms with Crippen LogP contribution >= 0.6 is 11.6 Å². The van der Waals surface area contributed by atoms with Gasteiger partial charge in [-0.25, -0.2) is 4.98 Å². The zero-order valence-corrected chi connectivity index (χ0v) is 12.8. The number of carbonyl (C=O) groups is 2. The third-order valence-electron chi connectivity index (χ3n) is 3.67. The van der Waals surface area contributed by atoms with Crippen LogP contribution < -0.4 is 0 Å². The van der Waals surface area contributed by atoms with Gasteiger partial charge in [0, 0.05) is 30.7 Å². The Bertz CT molecular complexity index is 711. The minimum Gasteiger partial charge on any atom is -0.342 e. The zero-order valence-electron chi connectivity index (χ0n) is 12.0. The molecule has 0 aliphatic carbocycles. The molecular formula is C15H15ClN4O2. The number of nitrogens with zero attached hydrogens (tertiary/aromatic N) is 3. The molecule has 1 aromatic carbocycles. The molecule has 1 N–H and O–H groups in total.